The highest BCUT2D eigenvalue weighted by molar-refractivity contribution is 5.99. The molecule has 2 saturated carbocycles. The summed E-state index contributed by atoms with van der Waals surface area (Å²) in [5, 5.41) is 2.45. The Bertz CT molecular complexity index is 983. The topological polar surface area (TPSA) is 75.2 Å². The van der Waals surface area contributed by atoms with Crippen LogP contribution in [0.3, 0.4) is 0 Å². The van der Waals surface area contributed by atoms with E-state index in [2.05, 4.69) is 15.3 Å². The summed E-state index contributed by atoms with van der Waals surface area (Å²) >= 11 is 0. The molecule has 0 aliphatic heterocycles. The first-order valence-corrected chi connectivity index (χ1v) is 9.78. The van der Waals surface area contributed by atoms with Crippen LogP contribution in [0.25, 0.3) is 0 Å². The maximum absolute atomic E-state index is 14.4. The van der Waals surface area contributed by atoms with Crippen LogP contribution in [0.2, 0.25) is 0 Å². The average molecular weight is 420 g/mol. The molecule has 1 heterocycles. The van der Waals surface area contributed by atoms with Crippen LogP contribution in [0.4, 0.5) is 19.1 Å². The summed E-state index contributed by atoms with van der Waals surface area (Å²) in [7, 11) is 0. The van der Waals surface area contributed by atoms with Crippen LogP contribution in [0.1, 0.15) is 48.1 Å². The van der Waals surface area contributed by atoms with Gasteiger partial charge in [-0.1, -0.05) is 6.07 Å². The summed E-state index contributed by atoms with van der Waals surface area (Å²) in [4.78, 5) is 34.2. The van der Waals surface area contributed by atoms with Crippen molar-refractivity contribution < 1.29 is 24.2 Å². The van der Waals surface area contributed by atoms with Gasteiger partial charge in [0.1, 0.15) is 12.4 Å². The van der Waals surface area contributed by atoms with Crippen molar-refractivity contribution in [2.75, 3.05) is 18.4 Å². The van der Waals surface area contributed by atoms with E-state index in [9.17, 15) is 22.8 Å². The first kappa shape index (κ1) is 20.3. The highest BCUT2D eigenvalue weighted by Gasteiger charge is 2.57. The molecule has 9 heteroatoms. The fraction of sp³-hybridized carbons (Fsp3) is 0.429. The fourth-order valence-electron chi connectivity index (χ4n) is 3.32. The Hall–Kier alpha value is -2.97. The molecule has 0 radical (unpaired) electrons. The molecule has 1 N–H and O–H groups in total. The number of aryl methyl sites for hydroxylation is 1. The van der Waals surface area contributed by atoms with Gasteiger partial charge in [-0.25, -0.2) is 23.1 Å². The van der Waals surface area contributed by atoms with E-state index in [-0.39, 0.29) is 31.8 Å². The molecule has 0 saturated heterocycles. The van der Waals surface area contributed by atoms with Crippen molar-refractivity contribution in [3.63, 3.8) is 0 Å². The molecule has 1 aromatic heterocycles. The van der Waals surface area contributed by atoms with Gasteiger partial charge in [-0.05, 0) is 48.9 Å². The number of carbonyl (C=O) groups is 2. The Morgan fingerprint density at radius 2 is 1.93 bits per heavy atom. The number of hydrogen-bond donors (Lipinski definition) is 1. The van der Waals surface area contributed by atoms with E-state index in [1.807, 2.05) is 0 Å². The smallest absolute Gasteiger partial charge is 0.254 e. The average Bonchev–Trinajstić information content (AvgIpc) is 3.61. The third kappa shape index (κ3) is 4.60. The standard InChI is InChI=1S/C21H21F3N4O2.H2/c1-12-8-25-20(26-9-12)27-18(29)11-28(10-15-7-21(15,23)24)19(30)14-4-5-16(13-2-3-13)17(22)6-14;/h4-6,8-9,13,15H,2-3,7,10-11H2,1H3,(H,25,26,27,29);1H/t15-;/m0./s1. The van der Waals surface area contributed by atoms with Gasteiger partial charge in [0.2, 0.25) is 11.9 Å². The number of rotatable bonds is 7. The summed E-state index contributed by atoms with van der Waals surface area (Å²) in [6.07, 6.45) is 4.51. The van der Waals surface area contributed by atoms with Crippen molar-refractivity contribution in [2.24, 2.45) is 5.92 Å². The van der Waals surface area contributed by atoms with E-state index in [0.717, 1.165) is 29.4 Å². The zero-order chi connectivity index (χ0) is 21.5. The number of nitrogens with zero attached hydrogens (tertiary/aromatic N) is 3. The van der Waals surface area contributed by atoms with Crippen LogP contribution in [0, 0.1) is 18.7 Å². The van der Waals surface area contributed by atoms with Gasteiger partial charge in [0.15, 0.2) is 0 Å². The number of benzene rings is 1. The van der Waals surface area contributed by atoms with E-state index >= 15 is 0 Å². The quantitative estimate of drug-likeness (QED) is 0.740. The molecule has 160 valence electrons. The molecule has 2 fully saturated rings. The van der Waals surface area contributed by atoms with E-state index in [1.54, 1.807) is 13.0 Å². The largest absolute Gasteiger partial charge is 0.329 e. The van der Waals surface area contributed by atoms with Crippen LogP contribution in [0.5, 0.6) is 0 Å². The lowest BCUT2D eigenvalue weighted by Gasteiger charge is -2.22. The summed E-state index contributed by atoms with van der Waals surface area (Å²) in [5.41, 5.74) is 1.39. The Labute approximate surface area is 173 Å². The number of alkyl halides is 2. The minimum atomic E-state index is -2.85. The van der Waals surface area contributed by atoms with E-state index < -0.39 is 36.0 Å². The number of carbonyl (C=O) groups excluding carboxylic acids is 2. The first-order valence-electron chi connectivity index (χ1n) is 9.78. The second kappa shape index (κ2) is 7.70. The second-order valence-corrected chi connectivity index (χ2v) is 7.99. The van der Waals surface area contributed by atoms with Crippen molar-refractivity contribution in [2.45, 2.75) is 38.0 Å². The van der Waals surface area contributed by atoms with Crippen molar-refractivity contribution in [3.8, 4) is 0 Å². The molecule has 6 nitrogen and oxygen atoms in total. The van der Waals surface area contributed by atoms with Crippen LogP contribution in [-0.2, 0) is 4.79 Å². The van der Waals surface area contributed by atoms with Crippen LogP contribution in [0.15, 0.2) is 30.6 Å². The van der Waals surface area contributed by atoms with E-state index in [4.69, 9.17) is 0 Å². The molecule has 0 spiro atoms. The van der Waals surface area contributed by atoms with Gasteiger partial charge in [0, 0.05) is 38.3 Å². The molecule has 0 bridgehead atoms. The third-order valence-electron chi connectivity index (χ3n) is 5.31. The summed E-state index contributed by atoms with van der Waals surface area (Å²) in [6, 6.07) is 4.16. The Morgan fingerprint density at radius 3 is 2.50 bits per heavy atom. The van der Waals surface area contributed by atoms with Gasteiger partial charge < -0.3 is 4.90 Å². The van der Waals surface area contributed by atoms with Gasteiger partial charge >= 0.3 is 0 Å². The highest BCUT2D eigenvalue weighted by atomic mass is 19.3. The van der Waals surface area contributed by atoms with Crippen molar-refractivity contribution in [1.82, 2.24) is 14.9 Å². The number of nitrogens with one attached hydrogen (secondary N) is 1. The van der Waals surface area contributed by atoms with Gasteiger partial charge in [-0.15, -0.1) is 0 Å². The maximum atomic E-state index is 14.4. The first-order chi connectivity index (χ1) is 14.2. The minimum absolute atomic E-state index is 0. The summed E-state index contributed by atoms with van der Waals surface area (Å²) in [5.74, 6) is -5.41. The van der Waals surface area contributed by atoms with Gasteiger partial charge in [0.05, 0.1) is 0 Å². The maximum Gasteiger partial charge on any atom is 0.254 e. The molecule has 2 aliphatic rings. The minimum Gasteiger partial charge on any atom is -0.329 e. The fourth-order valence-corrected chi connectivity index (χ4v) is 3.32. The zero-order valence-corrected chi connectivity index (χ0v) is 16.4. The van der Waals surface area contributed by atoms with Crippen molar-refractivity contribution >= 4 is 17.8 Å². The highest BCUT2D eigenvalue weighted by Crippen LogP contribution is 2.49. The normalized spacial score (nSPS) is 19.3. The number of aromatic nitrogens is 2. The van der Waals surface area contributed by atoms with E-state index in [0.29, 0.717) is 5.56 Å². The lowest BCUT2D eigenvalue weighted by Crippen LogP contribution is -2.40. The summed E-state index contributed by atoms with van der Waals surface area (Å²) in [6.45, 7) is 1.03. The molecule has 1 atom stereocenters. The molecular weight excluding hydrogens is 397 g/mol. The lowest BCUT2D eigenvalue weighted by atomic mass is 10.1. The predicted octanol–water partition coefficient (Wildman–Crippen LogP) is 3.78. The lowest BCUT2D eigenvalue weighted by molar-refractivity contribution is -0.117. The zero-order valence-electron chi connectivity index (χ0n) is 16.4. The second-order valence-electron chi connectivity index (χ2n) is 7.99. The molecular formula is C21H23F3N4O2. The summed E-state index contributed by atoms with van der Waals surface area (Å²) < 4.78 is 41.2. The molecule has 1 aromatic carbocycles. The number of anilines is 1. The monoisotopic (exact) mass is 420 g/mol. The molecule has 0 unspecified atom stereocenters. The molecule has 2 aliphatic carbocycles. The predicted molar refractivity (Wildman–Crippen MR) is 105 cm³/mol. The van der Waals surface area contributed by atoms with Crippen LogP contribution < -0.4 is 5.32 Å². The molecule has 4 rings (SSSR count). The number of halogens is 3. The molecule has 2 aromatic rings. The van der Waals surface area contributed by atoms with Gasteiger partial charge in [-0.3, -0.25) is 14.9 Å². The van der Waals surface area contributed by atoms with Gasteiger partial charge in [0.25, 0.3) is 11.8 Å². The molecule has 30 heavy (non-hydrogen) atoms. The van der Waals surface area contributed by atoms with Crippen molar-refractivity contribution in [1.29, 1.82) is 0 Å². The SMILES string of the molecule is Cc1cnc(NC(=O)CN(C[C@@H]2CC2(F)F)C(=O)c2ccc(C3CC3)c(F)c2)nc1.[HH]. The van der Waals surface area contributed by atoms with E-state index in [1.165, 1.54) is 18.5 Å². The van der Waals surface area contributed by atoms with Crippen molar-refractivity contribution in [3.05, 3.63) is 53.1 Å². The van der Waals surface area contributed by atoms with Crippen LogP contribution >= 0.6 is 0 Å². The third-order valence-corrected chi connectivity index (χ3v) is 5.31. The number of amides is 2. The Kier molecular flexibility index (Phi) is 5.21. The molecule has 2 amide bonds. The Balaban J connectivity index is 0.00000272. The number of hydrogen-bond acceptors (Lipinski definition) is 4. The van der Waals surface area contributed by atoms with Gasteiger partial charge in [-0.2, -0.15) is 0 Å². The Morgan fingerprint density at radius 1 is 1.27 bits per heavy atom. The van der Waals surface area contributed by atoms with Crippen LogP contribution in [-0.4, -0.2) is 45.7 Å².